The Morgan fingerprint density at radius 2 is 1.96 bits per heavy atom. The highest BCUT2D eigenvalue weighted by Gasteiger charge is 2.24. The van der Waals surface area contributed by atoms with Gasteiger partial charge in [-0.25, -0.2) is 0 Å². The van der Waals surface area contributed by atoms with Crippen LogP contribution in [0, 0.1) is 0 Å². The molecule has 1 heterocycles. The van der Waals surface area contributed by atoms with Crippen molar-refractivity contribution in [2.75, 3.05) is 37.6 Å². The average Bonchev–Trinajstić information content (AvgIpc) is 2.67. The Morgan fingerprint density at radius 3 is 2.74 bits per heavy atom. The maximum atomic E-state index is 12.4. The third kappa shape index (κ3) is 4.46. The van der Waals surface area contributed by atoms with Gasteiger partial charge in [-0.05, 0) is 36.2 Å². The number of fused-ring (bicyclic) bond motifs is 1. The first-order valence-electron chi connectivity index (χ1n) is 8.96. The van der Waals surface area contributed by atoms with Gasteiger partial charge in [-0.15, -0.1) is 0 Å². The van der Waals surface area contributed by atoms with E-state index in [-0.39, 0.29) is 18.2 Å². The quantitative estimate of drug-likeness (QED) is 0.816. The lowest BCUT2D eigenvalue weighted by molar-refractivity contribution is -0.119. The molecule has 0 fully saturated rings. The minimum absolute atomic E-state index is 0.104. The molecule has 0 saturated heterocycles. The first-order valence-corrected chi connectivity index (χ1v) is 8.96. The van der Waals surface area contributed by atoms with Crippen molar-refractivity contribution in [2.24, 2.45) is 0 Å². The number of para-hydroxylation sites is 1. The van der Waals surface area contributed by atoms with E-state index >= 15 is 0 Å². The van der Waals surface area contributed by atoms with E-state index in [1.54, 1.807) is 19.1 Å². The smallest absolute Gasteiger partial charge is 0.228 e. The van der Waals surface area contributed by atoms with E-state index in [1.165, 1.54) is 0 Å². The Labute approximate surface area is 159 Å². The second kappa shape index (κ2) is 8.68. The van der Waals surface area contributed by atoms with Gasteiger partial charge in [0.1, 0.15) is 5.75 Å². The van der Waals surface area contributed by atoms with Gasteiger partial charge in [-0.2, -0.15) is 0 Å². The summed E-state index contributed by atoms with van der Waals surface area (Å²) in [5.41, 5.74) is 3.52. The van der Waals surface area contributed by atoms with E-state index in [4.69, 9.17) is 9.47 Å². The summed E-state index contributed by atoms with van der Waals surface area (Å²) in [6, 6.07) is 13.1. The third-order valence-corrected chi connectivity index (χ3v) is 4.63. The first kappa shape index (κ1) is 18.9. The lowest BCUT2D eigenvalue weighted by Gasteiger charge is -2.29. The topological polar surface area (TPSA) is 67.9 Å². The number of hydrogen-bond donors (Lipinski definition) is 1. The molecule has 3 rings (SSSR count). The number of anilines is 2. The highest BCUT2D eigenvalue weighted by molar-refractivity contribution is 5.98. The van der Waals surface area contributed by atoms with Crippen LogP contribution in [-0.2, 0) is 27.2 Å². The number of hydrogen-bond acceptors (Lipinski definition) is 4. The number of carbonyl (C=O) groups excluding carboxylic acids is 2. The molecule has 6 nitrogen and oxygen atoms in total. The summed E-state index contributed by atoms with van der Waals surface area (Å²) in [7, 11) is 3.21. The van der Waals surface area contributed by atoms with Crippen LogP contribution >= 0.6 is 0 Å². The van der Waals surface area contributed by atoms with Crippen LogP contribution in [0.5, 0.6) is 5.75 Å². The molecule has 6 heteroatoms. The molecule has 0 aliphatic carbocycles. The number of methoxy groups -OCH3 is 2. The van der Waals surface area contributed by atoms with E-state index < -0.39 is 0 Å². The maximum absolute atomic E-state index is 12.4. The largest absolute Gasteiger partial charge is 0.496 e. The number of nitrogens with zero attached hydrogens (tertiary/aromatic N) is 1. The molecule has 0 aromatic heterocycles. The van der Waals surface area contributed by atoms with Gasteiger partial charge in [0.15, 0.2) is 0 Å². The Morgan fingerprint density at radius 1 is 1.15 bits per heavy atom. The lowest BCUT2D eigenvalue weighted by Crippen LogP contribution is -2.37. The van der Waals surface area contributed by atoms with E-state index in [0.717, 1.165) is 22.5 Å². The molecule has 1 aliphatic heterocycles. The number of carbonyl (C=O) groups is 2. The van der Waals surface area contributed by atoms with Gasteiger partial charge in [0, 0.05) is 37.0 Å². The normalized spacial score (nSPS) is 13.3. The van der Waals surface area contributed by atoms with Crippen LogP contribution < -0.4 is 15.0 Å². The number of benzene rings is 2. The molecule has 0 unspecified atom stereocenters. The molecule has 27 heavy (non-hydrogen) atoms. The number of aryl methyl sites for hydroxylation is 1. The molecule has 0 bridgehead atoms. The van der Waals surface area contributed by atoms with Crippen LogP contribution in [0.25, 0.3) is 0 Å². The summed E-state index contributed by atoms with van der Waals surface area (Å²) in [6.45, 7) is 1.02. The van der Waals surface area contributed by atoms with Crippen molar-refractivity contribution < 1.29 is 19.1 Å². The molecule has 0 atom stereocenters. The molecule has 0 radical (unpaired) electrons. The second-order valence-electron chi connectivity index (χ2n) is 6.42. The van der Waals surface area contributed by atoms with E-state index in [2.05, 4.69) is 5.32 Å². The molecule has 0 spiro atoms. The zero-order valence-electron chi connectivity index (χ0n) is 15.7. The van der Waals surface area contributed by atoms with Crippen molar-refractivity contribution in [3.63, 3.8) is 0 Å². The summed E-state index contributed by atoms with van der Waals surface area (Å²) in [5.74, 6) is 0.695. The van der Waals surface area contributed by atoms with Gasteiger partial charge in [-0.3, -0.25) is 9.59 Å². The van der Waals surface area contributed by atoms with E-state index in [0.29, 0.717) is 31.7 Å². The molecule has 2 aromatic carbocycles. The summed E-state index contributed by atoms with van der Waals surface area (Å²) in [6.07, 6.45) is 1.38. The number of nitrogens with one attached hydrogen (secondary N) is 1. The molecule has 2 amide bonds. The predicted octanol–water partition coefficient (Wildman–Crippen LogP) is 2.80. The molecule has 1 aliphatic rings. The Bertz CT molecular complexity index is 835. The maximum Gasteiger partial charge on any atom is 0.228 e. The van der Waals surface area contributed by atoms with Crippen molar-refractivity contribution in [1.82, 2.24) is 0 Å². The van der Waals surface area contributed by atoms with Gasteiger partial charge < -0.3 is 19.7 Å². The Hall–Kier alpha value is -2.86. The van der Waals surface area contributed by atoms with Crippen LogP contribution in [0.1, 0.15) is 17.5 Å². The minimum Gasteiger partial charge on any atom is -0.496 e. The van der Waals surface area contributed by atoms with Crippen LogP contribution in [-0.4, -0.2) is 39.2 Å². The molecule has 142 valence electrons. The monoisotopic (exact) mass is 368 g/mol. The van der Waals surface area contributed by atoms with E-state index in [1.807, 2.05) is 42.5 Å². The molecule has 0 saturated carbocycles. The van der Waals surface area contributed by atoms with Crippen molar-refractivity contribution >= 4 is 23.2 Å². The molecule has 1 N–H and O–H groups in total. The highest BCUT2D eigenvalue weighted by Crippen LogP contribution is 2.30. The SMILES string of the molecule is COCCN1C(=O)CCc2cc(NC(=O)Cc3ccccc3OC)ccc21. The fourth-order valence-electron chi connectivity index (χ4n) is 3.29. The van der Waals surface area contributed by atoms with Crippen LogP contribution in [0.2, 0.25) is 0 Å². The molecule has 2 aromatic rings. The zero-order valence-corrected chi connectivity index (χ0v) is 15.7. The zero-order chi connectivity index (χ0) is 19.2. The lowest BCUT2D eigenvalue weighted by atomic mass is 10.0. The summed E-state index contributed by atoms with van der Waals surface area (Å²) in [5, 5.41) is 2.94. The van der Waals surface area contributed by atoms with Crippen LogP contribution in [0.4, 0.5) is 11.4 Å². The van der Waals surface area contributed by atoms with Crippen LogP contribution in [0.3, 0.4) is 0 Å². The van der Waals surface area contributed by atoms with Gasteiger partial charge in [0.2, 0.25) is 11.8 Å². The summed E-state index contributed by atoms with van der Waals surface area (Å²) >= 11 is 0. The fourth-order valence-corrected chi connectivity index (χ4v) is 3.29. The standard InChI is InChI=1S/C21H24N2O4/c1-26-12-11-23-18-9-8-17(13-15(18)7-10-21(23)25)22-20(24)14-16-5-3-4-6-19(16)27-2/h3-6,8-9,13H,7,10-12,14H2,1-2H3,(H,22,24). The summed E-state index contributed by atoms with van der Waals surface area (Å²) < 4.78 is 10.4. The van der Waals surface area contributed by atoms with Crippen molar-refractivity contribution in [2.45, 2.75) is 19.3 Å². The molecular formula is C21H24N2O4. The third-order valence-electron chi connectivity index (χ3n) is 4.63. The average molecular weight is 368 g/mol. The van der Waals surface area contributed by atoms with Gasteiger partial charge in [0.05, 0.1) is 20.1 Å². The number of ether oxygens (including phenoxy) is 2. The molecular weight excluding hydrogens is 344 g/mol. The van der Waals surface area contributed by atoms with Crippen molar-refractivity contribution in [3.8, 4) is 5.75 Å². The van der Waals surface area contributed by atoms with Gasteiger partial charge in [0.25, 0.3) is 0 Å². The highest BCUT2D eigenvalue weighted by atomic mass is 16.5. The van der Waals surface area contributed by atoms with Crippen molar-refractivity contribution in [3.05, 3.63) is 53.6 Å². The van der Waals surface area contributed by atoms with Crippen LogP contribution in [0.15, 0.2) is 42.5 Å². The fraction of sp³-hybridized carbons (Fsp3) is 0.333. The first-order chi connectivity index (χ1) is 13.1. The Balaban J connectivity index is 1.71. The number of amides is 2. The predicted molar refractivity (Wildman–Crippen MR) is 104 cm³/mol. The van der Waals surface area contributed by atoms with E-state index in [9.17, 15) is 9.59 Å². The minimum atomic E-state index is -0.109. The number of rotatable bonds is 7. The second-order valence-corrected chi connectivity index (χ2v) is 6.42. The van der Waals surface area contributed by atoms with Gasteiger partial charge in [-0.1, -0.05) is 18.2 Å². The van der Waals surface area contributed by atoms with Crippen molar-refractivity contribution in [1.29, 1.82) is 0 Å². The Kier molecular flexibility index (Phi) is 6.08. The van der Waals surface area contributed by atoms with Gasteiger partial charge >= 0.3 is 0 Å². The summed E-state index contributed by atoms with van der Waals surface area (Å²) in [4.78, 5) is 26.4.